The first-order chi connectivity index (χ1) is 21.1. The lowest BCUT2D eigenvalue weighted by atomic mass is 9.81. The van der Waals surface area contributed by atoms with Crippen molar-refractivity contribution >= 4 is 28.3 Å². The van der Waals surface area contributed by atoms with Gasteiger partial charge >= 0.3 is 0 Å². The zero-order chi connectivity index (χ0) is 31.2. The van der Waals surface area contributed by atoms with E-state index in [4.69, 9.17) is 20.6 Å². The lowest BCUT2D eigenvalue weighted by molar-refractivity contribution is -0.145. The van der Waals surface area contributed by atoms with Crippen molar-refractivity contribution in [1.29, 1.82) is 0 Å². The summed E-state index contributed by atoms with van der Waals surface area (Å²) in [6, 6.07) is 15.0. The van der Waals surface area contributed by atoms with Crippen LogP contribution in [0.5, 0.6) is 0 Å². The van der Waals surface area contributed by atoms with E-state index in [2.05, 4.69) is 22.2 Å². The molecule has 6 rings (SSSR count). The number of aryl methyl sites for hydroxylation is 3. The van der Waals surface area contributed by atoms with E-state index < -0.39 is 11.5 Å². The first-order valence-electron chi connectivity index (χ1n) is 14.8. The fourth-order valence-electron chi connectivity index (χ4n) is 6.28. The first-order valence-corrected chi connectivity index (χ1v) is 14.8. The fraction of sp³-hybridized carbons (Fsp3) is 0.375. The summed E-state index contributed by atoms with van der Waals surface area (Å²) in [5.41, 5.74) is 8.24. The van der Waals surface area contributed by atoms with Gasteiger partial charge in [-0.3, -0.25) is 14.7 Å². The molecule has 5 aromatic rings. The van der Waals surface area contributed by atoms with Gasteiger partial charge in [0, 0.05) is 36.1 Å². The highest BCUT2D eigenvalue weighted by atomic mass is 16.5. The minimum absolute atomic E-state index is 0.181. The maximum atomic E-state index is 13.9. The lowest BCUT2D eigenvalue weighted by Crippen LogP contribution is -2.49. The fourth-order valence-corrected chi connectivity index (χ4v) is 6.28. The molecule has 0 radical (unpaired) electrons. The van der Waals surface area contributed by atoms with Gasteiger partial charge < -0.3 is 15.4 Å². The van der Waals surface area contributed by atoms with Gasteiger partial charge in [-0.2, -0.15) is 15.3 Å². The molecule has 0 aliphatic heterocycles. The van der Waals surface area contributed by atoms with Crippen LogP contribution in [0.2, 0.25) is 0 Å². The van der Waals surface area contributed by atoms with Gasteiger partial charge in [0.05, 0.1) is 23.2 Å². The number of fused-ring (bicyclic) bond motifs is 1. The molecule has 1 aliphatic carbocycles. The van der Waals surface area contributed by atoms with E-state index in [-0.39, 0.29) is 17.6 Å². The molecule has 1 fully saturated rings. The van der Waals surface area contributed by atoms with Crippen LogP contribution in [0.1, 0.15) is 67.3 Å². The van der Waals surface area contributed by atoms with E-state index in [1.54, 1.807) is 4.68 Å². The van der Waals surface area contributed by atoms with Crippen molar-refractivity contribution in [2.24, 2.45) is 5.73 Å². The van der Waals surface area contributed by atoms with Crippen LogP contribution in [0.15, 0.2) is 59.5 Å². The number of benzene rings is 1. The third kappa shape index (κ3) is 5.04. The highest BCUT2D eigenvalue weighted by molar-refractivity contribution is 5.93. The molecular formula is C32H37N9O3. The first kappa shape index (κ1) is 29.2. The second-order valence-electron chi connectivity index (χ2n) is 11.7. The number of ether oxygens (including phenoxy) is 1. The van der Waals surface area contributed by atoms with Gasteiger partial charge in [0.15, 0.2) is 17.5 Å². The number of nitrogens with two attached hydrogens (primary N) is 1. The Balaban J connectivity index is 1.45. The summed E-state index contributed by atoms with van der Waals surface area (Å²) in [5.74, 6) is 1.51. The molecule has 0 unspecified atom stereocenters. The number of primary amides is 1. The summed E-state index contributed by atoms with van der Waals surface area (Å²) in [4.78, 5) is 32.9. The van der Waals surface area contributed by atoms with Crippen LogP contribution in [-0.2, 0) is 9.53 Å². The molecule has 4 heterocycles. The Morgan fingerprint density at radius 1 is 1.09 bits per heavy atom. The highest BCUT2D eigenvalue weighted by Crippen LogP contribution is 2.39. The summed E-state index contributed by atoms with van der Waals surface area (Å²) >= 11 is 0. The summed E-state index contributed by atoms with van der Waals surface area (Å²) in [7, 11) is 1.51. The Kier molecular flexibility index (Phi) is 7.54. The molecular weight excluding hydrogens is 558 g/mol. The van der Waals surface area contributed by atoms with Crippen LogP contribution in [0, 0.1) is 20.8 Å². The number of carbonyl (C=O) groups excluding carboxylic acids is 1. The normalized spacial score (nSPS) is 19.2. The number of hydrogen-bond acceptors (Lipinski definition) is 8. The van der Waals surface area contributed by atoms with Gasteiger partial charge in [-0.05, 0) is 77.1 Å². The number of anilines is 2. The predicted octanol–water partition coefficient (Wildman–Crippen LogP) is 4.51. The van der Waals surface area contributed by atoms with Gasteiger partial charge in [0.2, 0.25) is 5.91 Å². The molecule has 1 aromatic carbocycles. The Bertz CT molecular complexity index is 1880. The molecule has 0 bridgehead atoms. The second-order valence-corrected chi connectivity index (χ2v) is 11.7. The molecule has 3 N–H and O–H groups in total. The van der Waals surface area contributed by atoms with Crippen molar-refractivity contribution in [3.05, 3.63) is 87.7 Å². The minimum Gasteiger partial charge on any atom is -0.368 e. The van der Waals surface area contributed by atoms with Gasteiger partial charge in [0.1, 0.15) is 5.60 Å². The second kappa shape index (κ2) is 11.3. The van der Waals surface area contributed by atoms with E-state index in [0.717, 1.165) is 28.5 Å². The predicted molar refractivity (Wildman–Crippen MR) is 167 cm³/mol. The van der Waals surface area contributed by atoms with Crippen molar-refractivity contribution in [3.63, 3.8) is 0 Å². The van der Waals surface area contributed by atoms with Crippen LogP contribution in [0.4, 0.5) is 11.6 Å². The molecule has 0 saturated heterocycles. The zero-order valence-corrected chi connectivity index (χ0v) is 25.6. The number of amides is 1. The van der Waals surface area contributed by atoms with Crippen LogP contribution >= 0.6 is 0 Å². The van der Waals surface area contributed by atoms with E-state index in [1.807, 2.05) is 85.1 Å². The quantitative estimate of drug-likeness (QED) is 0.266. The smallest absolute Gasteiger partial charge is 0.275 e. The van der Waals surface area contributed by atoms with Crippen LogP contribution < -0.4 is 16.2 Å². The summed E-state index contributed by atoms with van der Waals surface area (Å²) in [6.45, 7) is 7.97. The van der Waals surface area contributed by atoms with Crippen LogP contribution in [-0.4, -0.2) is 53.4 Å². The third-order valence-corrected chi connectivity index (χ3v) is 8.79. The Hall–Kier alpha value is -4.84. The average Bonchev–Trinajstić information content (AvgIpc) is 3.61. The number of H-pyrrole nitrogens is 1. The van der Waals surface area contributed by atoms with E-state index in [9.17, 15) is 9.59 Å². The molecule has 228 valence electrons. The molecule has 1 atom stereocenters. The number of nitrogens with zero attached hydrogens (tertiary/aromatic N) is 7. The summed E-state index contributed by atoms with van der Waals surface area (Å²) < 4.78 is 8.95. The number of aromatic amines is 1. The molecule has 1 amide bonds. The van der Waals surface area contributed by atoms with Crippen molar-refractivity contribution in [2.75, 3.05) is 12.0 Å². The third-order valence-electron chi connectivity index (χ3n) is 8.79. The minimum atomic E-state index is -1.03. The van der Waals surface area contributed by atoms with Crippen molar-refractivity contribution in [2.45, 2.75) is 71.1 Å². The highest BCUT2D eigenvalue weighted by Gasteiger charge is 2.42. The van der Waals surface area contributed by atoms with Crippen molar-refractivity contribution in [3.8, 4) is 5.82 Å². The van der Waals surface area contributed by atoms with Gasteiger partial charge in [-0.25, -0.2) is 14.3 Å². The van der Waals surface area contributed by atoms with Crippen molar-refractivity contribution < 1.29 is 9.53 Å². The zero-order valence-electron chi connectivity index (χ0n) is 25.6. The molecule has 1 aliphatic rings. The molecule has 12 nitrogen and oxygen atoms in total. The molecule has 12 heteroatoms. The largest absolute Gasteiger partial charge is 0.368 e. The number of carbonyl (C=O) groups is 1. The van der Waals surface area contributed by atoms with E-state index in [1.165, 1.54) is 7.11 Å². The Morgan fingerprint density at radius 3 is 2.39 bits per heavy atom. The summed E-state index contributed by atoms with van der Waals surface area (Å²) in [5, 5.41) is 18.5. The SMILES string of the molecule is COC1(C(N)=O)CCC(n2nc(N(c3cc(C)[nH]n3)[C@@H](C)c3ccc(-n4nc(C)cc4C)nc3)c3ccccc3c2=O)CC1. The maximum Gasteiger partial charge on any atom is 0.275 e. The van der Waals surface area contributed by atoms with Gasteiger partial charge in [-0.15, -0.1) is 0 Å². The number of nitrogens with one attached hydrogen (secondary N) is 1. The molecule has 1 saturated carbocycles. The number of hydrogen-bond donors (Lipinski definition) is 2. The molecule has 44 heavy (non-hydrogen) atoms. The Morgan fingerprint density at radius 2 is 1.82 bits per heavy atom. The number of methoxy groups -OCH3 is 1. The standard InChI is InChI=1S/C32H37N9O3/c1-19-17-28(36-35-19)39(22(4)23-10-11-27(34-18-23)40-21(3)16-20(2)37-40)29-25-8-6-7-9-26(25)30(42)41(38-29)24-12-14-32(44-5,15-13-24)31(33)43/h6-11,16-18,22,24H,12-15H2,1-5H3,(H2,33,43)(H,35,36)/t22-,24?,32?/m0/s1. The number of aromatic nitrogens is 7. The van der Waals surface area contributed by atoms with Gasteiger partial charge in [-0.1, -0.05) is 24.3 Å². The Labute approximate surface area is 254 Å². The molecule has 4 aromatic heterocycles. The monoisotopic (exact) mass is 595 g/mol. The lowest BCUT2D eigenvalue weighted by Gasteiger charge is -2.37. The number of pyridine rings is 1. The maximum absolute atomic E-state index is 13.9. The number of rotatable bonds is 8. The van der Waals surface area contributed by atoms with E-state index >= 15 is 0 Å². The van der Waals surface area contributed by atoms with Crippen LogP contribution in [0.3, 0.4) is 0 Å². The van der Waals surface area contributed by atoms with Gasteiger partial charge in [0.25, 0.3) is 5.56 Å². The van der Waals surface area contributed by atoms with E-state index in [0.29, 0.717) is 48.1 Å². The topological polar surface area (TPSA) is 150 Å². The average molecular weight is 596 g/mol. The van der Waals surface area contributed by atoms with Crippen LogP contribution in [0.25, 0.3) is 16.6 Å². The van der Waals surface area contributed by atoms with Crippen molar-refractivity contribution in [1.82, 2.24) is 34.7 Å². The molecule has 0 spiro atoms. The summed E-state index contributed by atoms with van der Waals surface area (Å²) in [6.07, 6.45) is 3.71.